The monoisotopic (exact) mass is 275 g/mol. The maximum absolute atomic E-state index is 10.7. The molecular weight excluding hydrogens is 265 g/mol. The lowest BCUT2D eigenvalue weighted by Gasteiger charge is -2.03. The fourth-order valence-corrected chi connectivity index (χ4v) is 1.26. The fraction of sp³-hybridized carbons (Fsp3) is 0.222. The fourth-order valence-electron chi connectivity index (χ4n) is 0.926. The van der Waals surface area contributed by atoms with Crippen LogP contribution in [0.25, 0.3) is 0 Å². The van der Waals surface area contributed by atoms with Crippen molar-refractivity contribution in [1.29, 1.82) is 0 Å². The Morgan fingerprint density at radius 1 is 1.50 bits per heavy atom. The van der Waals surface area contributed by atoms with E-state index in [9.17, 15) is 4.79 Å². The number of anilines is 1. The van der Waals surface area contributed by atoms with Gasteiger partial charge in [0.05, 0.1) is 0 Å². The standard InChI is InChI=1S/C9H10INO/c1-6-5-8(11-7(2)12)3-4-9(6)10/h3-5H,1-2H3,(H,11,12). The molecule has 0 aromatic heterocycles. The minimum Gasteiger partial charge on any atom is -0.326 e. The van der Waals surface area contributed by atoms with Gasteiger partial charge in [-0.3, -0.25) is 4.79 Å². The molecule has 1 aromatic carbocycles. The summed E-state index contributed by atoms with van der Waals surface area (Å²) in [7, 11) is 0. The summed E-state index contributed by atoms with van der Waals surface area (Å²) in [5, 5.41) is 2.73. The van der Waals surface area contributed by atoms with Gasteiger partial charge < -0.3 is 5.32 Å². The van der Waals surface area contributed by atoms with Crippen LogP contribution in [0.1, 0.15) is 12.5 Å². The minimum atomic E-state index is -0.0318. The Hall–Kier alpha value is -0.580. The van der Waals surface area contributed by atoms with Crippen LogP contribution in [0.4, 0.5) is 5.69 Å². The van der Waals surface area contributed by atoms with Crippen molar-refractivity contribution >= 4 is 34.2 Å². The molecule has 0 unspecified atom stereocenters. The molecule has 1 aromatic rings. The molecule has 0 spiro atoms. The third kappa shape index (κ3) is 2.48. The van der Waals surface area contributed by atoms with Gasteiger partial charge in [-0.15, -0.1) is 0 Å². The van der Waals surface area contributed by atoms with Crippen LogP contribution in [0, 0.1) is 10.5 Å². The van der Waals surface area contributed by atoms with E-state index in [-0.39, 0.29) is 5.91 Å². The smallest absolute Gasteiger partial charge is 0.221 e. The van der Waals surface area contributed by atoms with Gasteiger partial charge in [-0.25, -0.2) is 0 Å². The van der Waals surface area contributed by atoms with E-state index >= 15 is 0 Å². The number of hydrogen-bond donors (Lipinski definition) is 1. The Labute approximate surface area is 85.5 Å². The zero-order valence-electron chi connectivity index (χ0n) is 7.02. The van der Waals surface area contributed by atoms with Gasteiger partial charge in [-0.1, -0.05) is 0 Å². The Morgan fingerprint density at radius 3 is 2.67 bits per heavy atom. The molecule has 0 saturated carbocycles. The molecule has 0 radical (unpaired) electrons. The van der Waals surface area contributed by atoms with E-state index in [0.29, 0.717) is 0 Å². The quantitative estimate of drug-likeness (QED) is 0.784. The molecule has 0 aliphatic rings. The lowest BCUT2D eigenvalue weighted by molar-refractivity contribution is -0.114. The molecule has 1 rings (SSSR count). The molecule has 1 N–H and O–H groups in total. The average molecular weight is 275 g/mol. The van der Waals surface area contributed by atoms with E-state index in [2.05, 4.69) is 27.9 Å². The van der Waals surface area contributed by atoms with E-state index in [4.69, 9.17) is 0 Å². The molecule has 1 amide bonds. The molecule has 3 heteroatoms. The van der Waals surface area contributed by atoms with E-state index in [1.165, 1.54) is 16.1 Å². The van der Waals surface area contributed by atoms with Gasteiger partial charge in [0, 0.05) is 16.2 Å². The van der Waals surface area contributed by atoms with Gasteiger partial charge in [0.1, 0.15) is 0 Å². The van der Waals surface area contributed by atoms with E-state index in [1.807, 2.05) is 25.1 Å². The molecule has 0 atom stereocenters. The number of aryl methyl sites for hydroxylation is 1. The Kier molecular flexibility index (Phi) is 3.08. The van der Waals surface area contributed by atoms with Crippen LogP contribution in [-0.4, -0.2) is 5.91 Å². The van der Waals surface area contributed by atoms with Crippen molar-refractivity contribution in [3.63, 3.8) is 0 Å². The highest BCUT2D eigenvalue weighted by Gasteiger charge is 1.97. The maximum Gasteiger partial charge on any atom is 0.221 e. The van der Waals surface area contributed by atoms with Crippen LogP contribution in [0.2, 0.25) is 0 Å². The first-order valence-corrected chi connectivity index (χ1v) is 4.71. The molecule has 64 valence electrons. The lowest BCUT2D eigenvalue weighted by atomic mass is 10.2. The van der Waals surface area contributed by atoms with Crippen molar-refractivity contribution in [2.24, 2.45) is 0 Å². The van der Waals surface area contributed by atoms with Crippen LogP contribution < -0.4 is 5.32 Å². The molecule has 2 nitrogen and oxygen atoms in total. The highest BCUT2D eigenvalue weighted by molar-refractivity contribution is 14.1. The Morgan fingerprint density at radius 2 is 2.17 bits per heavy atom. The van der Waals surface area contributed by atoms with Gasteiger partial charge in [0.25, 0.3) is 0 Å². The summed E-state index contributed by atoms with van der Waals surface area (Å²) in [6, 6.07) is 5.85. The summed E-state index contributed by atoms with van der Waals surface area (Å²) in [5.74, 6) is -0.0318. The highest BCUT2D eigenvalue weighted by Crippen LogP contribution is 2.16. The molecule has 0 fully saturated rings. The van der Waals surface area contributed by atoms with Gasteiger partial charge >= 0.3 is 0 Å². The summed E-state index contributed by atoms with van der Waals surface area (Å²) in [4.78, 5) is 10.7. The summed E-state index contributed by atoms with van der Waals surface area (Å²) in [6.45, 7) is 3.53. The Balaban J connectivity index is 2.89. The van der Waals surface area contributed by atoms with Gasteiger partial charge in [0.2, 0.25) is 5.91 Å². The summed E-state index contributed by atoms with van der Waals surface area (Å²) in [6.07, 6.45) is 0. The second-order valence-electron chi connectivity index (χ2n) is 2.65. The van der Waals surface area contributed by atoms with Crippen LogP contribution in [-0.2, 0) is 4.79 Å². The average Bonchev–Trinajstić information content (AvgIpc) is 1.96. The Bertz CT molecular complexity index is 309. The van der Waals surface area contributed by atoms with Crippen molar-refractivity contribution < 1.29 is 4.79 Å². The minimum absolute atomic E-state index is 0.0318. The van der Waals surface area contributed by atoms with Crippen molar-refractivity contribution in [2.45, 2.75) is 13.8 Å². The normalized spacial score (nSPS) is 9.58. The SMILES string of the molecule is CC(=O)Nc1ccc(I)c(C)c1. The van der Waals surface area contributed by atoms with Crippen LogP contribution in [0.15, 0.2) is 18.2 Å². The predicted molar refractivity (Wildman–Crippen MR) is 58.2 cm³/mol. The van der Waals surface area contributed by atoms with Gasteiger partial charge in [-0.2, -0.15) is 0 Å². The molecule has 12 heavy (non-hydrogen) atoms. The maximum atomic E-state index is 10.7. The molecular formula is C9H10INO. The highest BCUT2D eigenvalue weighted by atomic mass is 127. The predicted octanol–water partition coefficient (Wildman–Crippen LogP) is 2.56. The third-order valence-corrected chi connectivity index (χ3v) is 2.69. The van der Waals surface area contributed by atoms with E-state index < -0.39 is 0 Å². The molecule has 0 heterocycles. The third-order valence-electron chi connectivity index (χ3n) is 1.48. The van der Waals surface area contributed by atoms with E-state index in [1.54, 1.807) is 0 Å². The van der Waals surface area contributed by atoms with Crippen LogP contribution >= 0.6 is 22.6 Å². The van der Waals surface area contributed by atoms with Crippen LogP contribution in [0.5, 0.6) is 0 Å². The molecule has 0 saturated heterocycles. The topological polar surface area (TPSA) is 29.1 Å². The second kappa shape index (κ2) is 3.89. The first-order valence-electron chi connectivity index (χ1n) is 3.63. The first-order chi connectivity index (χ1) is 5.59. The van der Waals surface area contributed by atoms with E-state index in [0.717, 1.165) is 5.69 Å². The molecule has 0 aliphatic carbocycles. The number of nitrogens with one attached hydrogen (secondary N) is 1. The summed E-state index contributed by atoms with van der Waals surface area (Å²) < 4.78 is 1.21. The van der Waals surface area contributed by atoms with Crippen molar-refractivity contribution in [1.82, 2.24) is 0 Å². The largest absolute Gasteiger partial charge is 0.326 e. The number of carbonyl (C=O) groups is 1. The number of halogens is 1. The lowest BCUT2D eigenvalue weighted by Crippen LogP contribution is -2.05. The van der Waals surface area contributed by atoms with Gasteiger partial charge in [-0.05, 0) is 53.3 Å². The molecule has 0 bridgehead atoms. The zero-order valence-corrected chi connectivity index (χ0v) is 9.18. The number of carbonyl (C=O) groups excluding carboxylic acids is 1. The second-order valence-corrected chi connectivity index (χ2v) is 3.81. The number of rotatable bonds is 1. The summed E-state index contributed by atoms with van der Waals surface area (Å²) >= 11 is 2.26. The van der Waals surface area contributed by atoms with Crippen molar-refractivity contribution in [3.8, 4) is 0 Å². The van der Waals surface area contributed by atoms with Crippen LogP contribution in [0.3, 0.4) is 0 Å². The van der Waals surface area contributed by atoms with Gasteiger partial charge in [0.15, 0.2) is 0 Å². The number of benzene rings is 1. The number of hydrogen-bond acceptors (Lipinski definition) is 1. The van der Waals surface area contributed by atoms with Crippen molar-refractivity contribution in [3.05, 3.63) is 27.3 Å². The number of amides is 1. The molecule has 0 aliphatic heterocycles. The zero-order chi connectivity index (χ0) is 9.14. The first kappa shape index (κ1) is 9.51. The summed E-state index contributed by atoms with van der Waals surface area (Å²) in [5.41, 5.74) is 2.04. The van der Waals surface area contributed by atoms with Crippen molar-refractivity contribution in [2.75, 3.05) is 5.32 Å².